The molecule has 0 spiro atoms. The van der Waals surface area contributed by atoms with Crippen molar-refractivity contribution < 1.29 is 4.79 Å². The first-order chi connectivity index (χ1) is 8.90. The number of hydrogen-bond donors (Lipinski definition) is 1. The van der Waals surface area contributed by atoms with Crippen LogP contribution in [0, 0.1) is 12.8 Å². The molecule has 0 bridgehead atoms. The number of aryl methyl sites for hydroxylation is 1. The molecule has 0 aliphatic carbocycles. The quantitative estimate of drug-likeness (QED) is 0.848. The molecule has 0 unspecified atom stereocenters. The Bertz CT molecular complexity index is 408. The number of hydrogen-bond acceptors (Lipinski definition) is 3. The van der Waals surface area contributed by atoms with Gasteiger partial charge in [-0.25, -0.2) is 0 Å². The van der Waals surface area contributed by atoms with E-state index in [9.17, 15) is 4.79 Å². The van der Waals surface area contributed by atoms with Crippen LogP contribution in [-0.2, 0) is 11.2 Å². The Kier molecular flexibility index (Phi) is 5.96. The highest BCUT2D eigenvalue weighted by atomic mass is 16.1. The summed E-state index contributed by atoms with van der Waals surface area (Å²) < 4.78 is 0. The lowest BCUT2D eigenvalue weighted by Gasteiger charge is -2.28. The largest absolute Gasteiger partial charge is 0.354 e. The van der Waals surface area contributed by atoms with Crippen LogP contribution in [0.3, 0.4) is 0 Å². The number of carbonyl (C=O) groups excluding carboxylic acids is 1. The molecule has 0 aromatic carbocycles. The molecule has 4 nitrogen and oxygen atoms in total. The van der Waals surface area contributed by atoms with Gasteiger partial charge in [0.1, 0.15) is 0 Å². The van der Waals surface area contributed by atoms with Crippen LogP contribution >= 0.6 is 0 Å². The number of nitrogens with one attached hydrogen (secondary N) is 1. The molecule has 0 aliphatic heterocycles. The fraction of sp³-hybridized carbons (Fsp3) is 0.600. The molecule has 1 atom stereocenters. The minimum atomic E-state index is 0.0330. The molecule has 0 fully saturated rings. The van der Waals surface area contributed by atoms with E-state index in [2.05, 4.69) is 29.0 Å². The highest BCUT2D eigenvalue weighted by Crippen LogP contribution is 2.06. The SMILES string of the molecule is Cc1ccnc(CC(=O)NC[C@@H](C(C)C)N(C)C)c1. The molecule has 4 heteroatoms. The molecule has 1 rings (SSSR count). The smallest absolute Gasteiger partial charge is 0.226 e. The van der Waals surface area contributed by atoms with Gasteiger partial charge in [0.25, 0.3) is 0 Å². The van der Waals surface area contributed by atoms with Crippen molar-refractivity contribution >= 4 is 5.91 Å². The number of likely N-dealkylation sites (N-methyl/N-ethyl adjacent to an activating group) is 1. The molecule has 1 aromatic heterocycles. The van der Waals surface area contributed by atoms with E-state index >= 15 is 0 Å². The van der Waals surface area contributed by atoms with Crippen molar-refractivity contribution in [2.75, 3.05) is 20.6 Å². The minimum absolute atomic E-state index is 0.0330. The van der Waals surface area contributed by atoms with Crippen molar-refractivity contribution in [3.05, 3.63) is 29.6 Å². The third-order valence-corrected chi connectivity index (χ3v) is 3.25. The molecular formula is C15H25N3O. The van der Waals surface area contributed by atoms with Gasteiger partial charge in [-0.3, -0.25) is 9.78 Å². The average Bonchev–Trinajstić information content (AvgIpc) is 2.27. The first-order valence-electron chi connectivity index (χ1n) is 6.74. The van der Waals surface area contributed by atoms with Crippen molar-refractivity contribution in [3.8, 4) is 0 Å². The van der Waals surface area contributed by atoms with Gasteiger partial charge in [0.05, 0.1) is 6.42 Å². The molecule has 19 heavy (non-hydrogen) atoms. The van der Waals surface area contributed by atoms with E-state index in [-0.39, 0.29) is 5.91 Å². The van der Waals surface area contributed by atoms with Crippen molar-refractivity contribution in [2.24, 2.45) is 5.92 Å². The van der Waals surface area contributed by atoms with Crippen LogP contribution in [-0.4, -0.2) is 42.5 Å². The van der Waals surface area contributed by atoms with E-state index in [4.69, 9.17) is 0 Å². The maximum Gasteiger partial charge on any atom is 0.226 e. The lowest BCUT2D eigenvalue weighted by atomic mass is 10.0. The Morgan fingerprint density at radius 1 is 1.42 bits per heavy atom. The summed E-state index contributed by atoms with van der Waals surface area (Å²) in [5.41, 5.74) is 1.95. The van der Waals surface area contributed by atoms with Crippen molar-refractivity contribution in [1.82, 2.24) is 15.2 Å². The summed E-state index contributed by atoms with van der Waals surface area (Å²) in [6, 6.07) is 4.24. The zero-order chi connectivity index (χ0) is 14.4. The fourth-order valence-corrected chi connectivity index (χ4v) is 2.16. The monoisotopic (exact) mass is 263 g/mol. The Hall–Kier alpha value is -1.42. The maximum absolute atomic E-state index is 11.9. The predicted molar refractivity (Wildman–Crippen MR) is 78.0 cm³/mol. The summed E-state index contributed by atoms with van der Waals surface area (Å²) in [6.07, 6.45) is 2.09. The first kappa shape index (κ1) is 15.6. The van der Waals surface area contributed by atoms with E-state index in [1.54, 1.807) is 6.20 Å². The average molecular weight is 263 g/mol. The fourth-order valence-electron chi connectivity index (χ4n) is 2.16. The van der Waals surface area contributed by atoms with Gasteiger partial charge < -0.3 is 10.2 Å². The third kappa shape index (κ3) is 5.39. The predicted octanol–water partition coefficient (Wildman–Crippen LogP) is 1.63. The molecule has 1 amide bonds. The molecule has 0 saturated carbocycles. The minimum Gasteiger partial charge on any atom is -0.354 e. The Morgan fingerprint density at radius 2 is 2.11 bits per heavy atom. The van der Waals surface area contributed by atoms with E-state index in [0.717, 1.165) is 11.3 Å². The lowest BCUT2D eigenvalue weighted by molar-refractivity contribution is -0.120. The summed E-state index contributed by atoms with van der Waals surface area (Å²) in [6.45, 7) is 7.01. The van der Waals surface area contributed by atoms with Gasteiger partial charge in [0, 0.05) is 24.5 Å². The molecule has 106 valence electrons. The molecule has 1 N–H and O–H groups in total. The zero-order valence-electron chi connectivity index (χ0n) is 12.6. The number of pyridine rings is 1. The number of carbonyl (C=O) groups is 1. The van der Waals surface area contributed by atoms with Crippen LogP contribution < -0.4 is 5.32 Å². The summed E-state index contributed by atoms with van der Waals surface area (Å²) in [5, 5.41) is 2.99. The standard InChI is InChI=1S/C15H25N3O/c1-11(2)14(18(4)5)10-17-15(19)9-13-8-12(3)6-7-16-13/h6-8,11,14H,9-10H2,1-5H3,(H,17,19)/t14-/m0/s1. The number of rotatable bonds is 6. The van der Waals surface area contributed by atoms with Gasteiger partial charge in [-0.2, -0.15) is 0 Å². The van der Waals surface area contributed by atoms with Crippen molar-refractivity contribution in [1.29, 1.82) is 0 Å². The highest BCUT2D eigenvalue weighted by molar-refractivity contribution is 5.78. The maximum atomic E-state index is 11.9. The summed E-state index contributed by atoms with van der Waals surface area (Å²) in [5.74, 6) is 0.540. The number of amides is 1. The van der Waals surface area contributed by atoms with Crippen LogP contribution in [0.2, 0.25) is 0 Å². The second kappa shape index (κ2) is 7.24. The Morgan fingerprint density at radius 3 is 2.63 bits per heavy atom. The first-order valence-corrected chi connectivity index (χ1v) is 6.74. The molecule has 1 heterocycles. The van der Waals surface area contributed by atoms with Gasteiger partial charge in [-0.15, -0.1) is 0 Å². The van der Waals surface area contributed by atoms with Gasteiger partial charge in [0.2, 0.25) is 5.91 Å². The lowest BCUT2D eigenvalue weighted by Crippen LogP contribution is -2.43. The van der Waals surface area contributed by atoms with Gasteiger partial charge in [0.15, 0.2) is 0 Å². The molecular weight excluding hydrogens is 238 g/mol. The molecule has 1 aromatic rings. The van der Waals surface area contributed by atoms with Crippen molar-refractivity contribution in [3.63, 3.8) is 0 Å². The van der Waals surface area contributed by atoms with E-state index in [1.807, 2.05) is 33.2 Å². The van der Waals surface area contributed by atoms with E-state index < -0.39 is 0 Å². The van der Waals surface area contributed by atoms with E-state index in [0.29, 0.717) is 24.9 Å². The topological polar surface area (TPSA) is 45.2 Å². The van der Waals surface area contributed by atoms with Gasteiger partial charge in [-0.1, -0.05) is 13.8 Å². The van der Waals surface area contributed by atoms with Crippen LogP contribution in [0.1, 0.15) is 25.1 Å². The summed E-state index contributed by atoms with van der Waals surface area (Å²) >= 11 is 0. The summed E-state index contributed by atoms with van der Waals surface area (Å²) in [7, 11) is 4.08. The van der Waals surface area contributed by atoms with Crippen LogP contribution in [0.5, 0.6) is 0 Å². The molecule has 0 saturated heterocycles. The molecule has 0 radical (unpaired) electrons. The normalized spacial score (nSPS) is 12.8. The van der Waals surface area contributed by atoms with Gasteiger partial charge >= 0.3 is 0 Å². The Labute approximate surface area is 116 Å². The number of nitrogens with zero attached hydrogens (tertiary/aromatic N) is 2. The second-order valence-corrected chi connectivity index (χ2v) is 5.58. The molecule has 0 aliphatic rings. The third-order valence-electron chi connectivity index (χ3n) is 3.25. The van der Waals surface area contributed by atoms with Crippen molar-refractivity contribution in [2.45, 2.75) is 33.2 Å². The van der Waals surface area contributed by atoms with Crippen LogP contribution in [0.15, 0.2) is 18.3 Å². The van der Waals surface area contributed by atoms with Crippen LogP contribution in [0.25, 0.3) is 0 Å². The zero-order valence-corrected chi connectivity index (χ0v) is 12.6. The number of aromatic nitrogens is 1. The summed E-state index contributed by atoms with van der Waals surface area (Å²) in [4.78, 5) is 18.3. The van der Waals surface area contributed by atoms with Gasteiger partial charge in [-0.05, 0) is 44.6 Å². The van der Waals surface area contributed by atoms with Crippen LogP contribution in [0.4, 0.5) is 0 Å². The second-order valence-electron chi connectivity index (χ2n) is 5.58. The highest BCUT2D eigenvalue weighted by Gasteiger charge is 2.16. The van der Waals surface area contributed by atoms with E-state index in [1.165, 1.54) is 0 Å². The Balaban J connectivity index is 2.47.